The Hall–Kier alpha value is -2.66. The first-order chi connectivity index (χ1) is 10.6. The Morgan fingerprint density at radius 1 is 1.17 bits per heavy atom. The summed E-state index contributed by atoms with van der Waals surface area (Å²) in [4.78, 5) is 15.4. The highest BCUT2D eigenvalue weighted by Gasteiger charge is 2.21. The molecule has 0 aliphatic carbocycles. The van der Waals surface area contributed by atoms with Crippen molar-refractivity contribution >= 4 is 29.1 Å². The molecule has 1 N–H and O–H groups in total. The molecule has 23 heavy (non-hydrogen) atoms. The number of hydrogen-bond donors (Lipinski definition) is 1. The van der Waals surface area contributed by atoms with Crippen LogP contribution in [-0.2, 0) is 0 Å². The van der Waals surface area contributed by atoms with Crippen LogP contribution in [0.15, 0.2) is 48.8 Å². The Balaban J connectivity index is 0.00000192. The van der Waals surface area contributed by atoms with E-state index in [-0.39, 0.29) is 29.3 Å². The van der Waals surface area contributed by atoms with Crippen molar-refractivity contribution in [2.24, 2.45) is 0 Å². The first kappa shape index (κ1) is 16.7. The number of carboxylic acids is 1. The minimum Gasteiger partial charge on any atom is -0.495 e. The summed E-state index contributed by atoms with van der Waals surface area (Å²) in [5.74, 6) is -1.74. The number of pyridine rings is 1. The number of rotatable bonds is 3. The summed E-state index contributed by atoms with van der Waals surface area (Å²) in [7, 11) is 1.32. The van der Waals surface area contributed by atoms with Crippen LogP contribution in [0.5, 0.6) is 5.75 Å². The number of ether oxygens (including phenoxy) is 1. The van der Waals surface area contributed by atoms with Crippen LogP contribution in [0, 0.1) is 5.82 Å². The predicted molar refractivity (Wildman–Crippen MR) is 87.9 cm³/mol. The number of carboxylic acid groups (broad SMARTS) is 1. The molecule has 3 aromatic rings. The Labute approximate surface area is 138 Å². The zero-order valence-electron chi connectivity index (χ0n) is 12.1. The van der Waals surface area contributed by atoms with Gasteiger partial charge < -0.3 is 9.84 Å². The van der Waals surface area contributed by atoms with Crippen LogP contribution in [0.1, 0.15) is 10.4 Å². The molecule has 118 valence electrons. The Morgan fingerprint density at radius 3 is 2.61 bits per heavy atom. The van der Waals surface area contributed by atoms with Crippen molar-refractivity contribution in [3.05, 3.63) is 60.2 Å². The van der Waals surface area contributed by atoms with Gasteiger partial charge in [0.2, 0.25) is 0 Å². The summed E-state index contributed by atoms with van der Waals surface area (Å²) in [5, 5.41) is 10.9. The number of carbonyl (C=O) groups is 1. The second kappa shape index (κ2) is 6.62. The van der Waals surface area contributed by atoms with Gasteiger partial charge in [0.25, 0.3) is 0 Å². The van der Waals surface area contributed by atoms with Gasteiger partial charge in [0, 0.05) is 23.3 Å². The monoisotopic (exact) mass is 333 g/mol. The minimum atomic E-state index is -1.17. The first-order valence-electron chi connectivity index (χ1n) is 6.56. The third-order valence-electron chi connectivity index (χ3n) is 3.48. The van der Waals surface area contributed by atoms with Gasteiger partial charge >= 0.3 is 5.97 Å². The van der Waals surface area contributed by atoms with Gasteiger partial charge in [-0.3, -0.25) is 4.98 Å². The normalized spacial score (nSPS) is 10.2. The quantitative estimate of drug-likeness (QED) is 0.781. The summed E-state index contributed by atoms with van der Waals surface area (Å²) in [6.45, 7) is 0. The standard InChI is InChI=1S/C17H12FNO3.ClH/c1-22-16-12(17(20)21)6-7-14(18)15(16)13-9-19-8-10-4-2-3-5-11(10)13;/h2-9H,1H3,(H,20,21);1H. The highest BCUT2D eigenvalue weighted by molar-refractivity contribution is 6.01. The number of benzene rings is 2. The van der Waals surface area contributed by atoms with E-state index in [1.807, 2.05) is 24.3 Å². The molecule has 0 aliphatic heterocycles. The molecule has 0 unspecified atom stereocenters. The molecule has 0 bridgehead atoms. The highest BCUT2D eigenvalue weighted by atomic mass is 35.5. The van der Waals surface area contributed by atoms with E-state index in [0.717, 1.165) is 16.8 Å². The van der Waals surface area contributed by atoms with Crippen LogP contribution < -0.4 is 4.74 Å². The van der Waals surface area contributed by atoms with Crippen molar-refractivity contribution in [2.45, 2.75) is 0 Å². The van der Waals surface area contributed by atoms with Crippen molar-refractivity contribution in [1.29, 1.82) is 0 Å². The second-order valence-electron chi connectivity index (χ2n) is 4.72. The molecule has 3 rings (SSSR count). The molecule has 0 fully saturated rings. The third-order valence-corrected chi connectivity index (χ3v) is 3.48. The lowest BCUT2D eigenvalue weighted by molar-refractivity contribution is 0.0693. The van der Waals surface area contributed by atoms with E-state index < -0.39 is 11.8 Å². The molecule has 0 spiro atoms. The lowest BCUT2D eigenvalue weighted by Gasteiger charge is -2.14. The number of halogens is 2. The van der Waals surface area contributed by atoms with Gasteiger partial charge in [0.05, 0.1) is 12.7 Å². The van der Waals surface area contributed by atoms with E-state index >= 15 is 0 Å². The van der Waals surface area contributed by atoms with Gasteiger partial charge in [0.1, 0.15) is 17.1 Å². The molecule has 4 nitrogen and oxygen atoms in total. The molecule has 0 aliphatic rings. The van der Waals surface area contributed by atoms with Crippen molar-refractivity contribution in [2.75, 3.05) is 7.11 Å². The Morgan fingerprint density at radius 2 is 1.91 bits per heavy atom. The van der Waals surface area contributed by atoms with Crippen LogP contribution in [0.25, 0.3) is 21.9 Å². The number of fused-ring (bicyclic) bond motifs is 1. The van der Waals surface area contributed by atoms with Crippen LogP contribution in [0.2, 0.25) is 0 Å². The largest absolute Gasteiger partial charge is 0.495 e. The average molecular weight is 334 g/mol. The van der Waals surface area contributed by atoms with E-state index in [0.29, 0.717) is 5.56 Å². The Kier molecular flexibility index (Phi) is 4.81. The van der Waals surface area contributed by atoms with Crippen LogP contribution >= 0.6 is 12.4 Å². The summed E-state index contributed by atoms with van der Waals surface area (Å²) < 4.78 is 19.6. The van der Waals surface area contributed by atoms with Crippen molar-refractivity contribution in [3.8, 4) is 16.9 Å². The molecule has 2 aromatic carbocycles. The summed E-state index contributed by atoms with van der Waals surface area (Å²) in [6, 6.07) is 9.70. The number of methoxy groups -OCH3 is 1. The average Bonchev–Trinajstić information content (AvgIpc) is 2.53. The van der Waals surface area contributed by atoms with Gasteiger partial charge in [-0.2, -0.15) is 0 Å². The summed E-state index contributed by atoms with van der Waals surface area (Å²) >= 11 is 0. The summed E-state index contributed by atoms with van der Waals surface area (Å²) in [6.07, 6.45) is 3.18. The number of aromatic carboxylic acids is 1. The number of aromatic nitrogens is 1. The molecule has 0 amide bonds. The van der Waals surface area contributed by atoms with E-state index in [9.17, 15) is 14.3 Å². The first-order valence-corrected chi connectivity index (χ1v) is 6.56. The van der Waals surface area contributed by atoms with Crippen molar-refractivity contribution < 1.29 is 19.0 Å². The van der Waals surface area contributed by atoms with Gasteiger partial charge in [-0.25, -0.2) is 9.18 Å². The van der Waals surface area contributed by atoms with E-state index in [4.69, 9.17) is 4.74 Å². The second-order valence-corrected chi connectivity index (χ2v) is 4.72. The maximum absolute atomic E-state index is 14.4. The molecule has 1 aromatic heterocycles. The summed E-state index contributed by atoms with van der Waals surface area (Å²) in [5.41, 5.74) is 0.508. The van der Waals surface area contributed by atoms with Gasteiger partial charge in [-0.05, 0) is 17.5 Å². The van der Waals surface area contributed by atoms with Crippen LogP contribution in [-0.4, -0.2) is 23.2 Å². The van der Waals surface area contributed by atoms with Crippen LogP contribution in [0.4, 0.5) is 4.39 Å². The maximum Gasteiger partial charge on any atom is 0.339 e. The third kappa shape index (κ3) is 2.83. The fourth-order valence-corrected chi connectivity index (χ4v) is 2.51. The molecular formula is C17H13ClFNO3. The molecule has 0 atom stereocenters. The number of nitrogens with zero attached hydrogens (tertiary/aromatic N) is 1. The van der Waals surface area contributed by atoms with Gasteiger partial charge in [-0.1, -0.05) is 24.3 Å². The SMILES string of the molecule is COc1c(C(=O)O)ccc(F)c1-c1cncc2ccccc12.Cl. The van der Waals surface area contributed by atoms with Gasteiger partial charge in [0.15, 0.2) is 0 Å². The van der Waals surface area contributed by atoms with Crippen molar-refractivity contribution in [1.82, 2.24) is 4.98 Å². The smallest absolute Gasteiger partial charge is 0.339 e. The number of hydrogen-bond acceptors (Lipinski definition) is 3. The van der Waals surface area contributed by atoms with Crippen molar-refractivity contribution in [3.63, 3.8) is 0 Å². The van der Waals surface area contributed by atoms with E-state index in [1.54, 1.807) is 6.20 Å². The minimum absolute atomic E-state index is 0. The highest BCUT2D eigenvalue weighted by Crippen LogP contribution is 2.38. The Bertz CT molecular complexity index is 878. The zero-order valence-corrected chi connectivity index (χ0v) is 12.9. The molecule has 0 saturated heterocycles. The fourth-order valence-electron chi connectivity index (χ4n) is 2.51. The van der Waals surface area contributed by atoms with Crippen LogP contribution in [0.3, 0.4) is 0 Å². The molecule has 1 heterocycles. The molecule has 6 heteroatoms. The predicted octanol–water partition coefficient (Wildman–Crippen LogP) is 4.17. The molecule has 0 saturated carbocycles. The van der Waals surface area contributed by atoms with E-state index in [2.05, 4.69) is 4.98 Å². The lowest BCUT2D eigenvalue weighted by Crippen LogP contribution is -2.03. The lowest BCUT2D eigenvalue weighted by atomic mass is 9.97. The zero-order chi connectivity index (χ0) is 15.7. The van der Waals surface area contributed by atoms with Gasteiger partial charge in [-0.15, -0.1) is 12.4 Å². The molecular weight excluding hydrogens is 321 g/mol. The molecule has 0 radical (unpaired) electrons. The topological polar surface area (TPSA) is 59.4 Å². The maximum atomic E-state index is 14.4. The van der Waals surface area contributed by atoms with E-state index in [1.165, 1.54) is 19.4 Å². The fraction of sp³-hybridized carbons (Fsp3) is 0.0588.